The Morgan fingerprint density at radius 1 is 1.41 bits per heavy atom. The Morgan fingerprint density at radius 2 is 2.18 bits per heavy atom. The predicted molar refractivity (Wildman–Crippen MR) is 74.3 cm³/mol. The van der Waals surface area contributed by atoms with Crippen molar-refractivity contribution in [3.05, 3.63) is 23.8 Å². The number of piperidine rings is 1. The van der Waals surface area contributed by atoms with Crippen molar-refractivity contribution >= 4 is 11.4 Å². The molecule has 0 amide bonds. The maximum atomic E-state index is 6.04. The summed E-state index contributed by atoms with van der Waals surface area (Å²) in [5.41, 5.74) is 9.25. The summed E-state index contributed by atoms with van der Waals surface area (Å²) in [4.78, 5) is 2.39. The van der Waals surface area contributed by atoms with E-state index in [0.717, 1.165) is 24.5 Å². The SMILES string of the molecule is Cc1cccc(N)c1NC1CCN(C)CC1C. The highest BCUT2D eigenvalue weighted by Gasteiger charge is 2.24. The quantitative estimate of drug-likeness (QED) is 0.770. The van der Waals surface area contributed by atoms with Gasteiger partial charge in [0.25, 0.3) is 0 Å². The van der Waals surface area contributed by atoms with Gasteiger partial charge in [0.15, 0.2) is 0 Å². The van der Waals surface area contributed by atoms with E-state index in [-0.39, 0.29) is 0 Å². The lowest BCUT2D eigenvalue weighted by atomic mass is 9.93. The van der Waals surface area contributed by atoms with E-state index >= 15 is 0 Å². The minimum absolute atomic E-state index is 0.537. The highest BCUT2D eigenvalue weighted by Crippen LogP contribution is 2.27. The van der Waals surface area contributed by atoms with Crippen molar-refractivity contribution in [1.82, 2.24) is 4.90 Å². The lowest BCUT2D eigenvalue weighted by Gasteiger charge is -2.36. The minimum Gasteiger partial charge on any atom is -0.397 e. The highest BCUT2D eigenvalue weighted by molar-refractivity contribution is 5.70. The van der Waals surface area contributed by atoms with Crippen molar-refractivity contribution in [2.24, 2.45) is 5.92 Å². The Morgan fingerprint density at radius 3 is 2.82 bits per heavy atom. The lowest BCUT2D eigenvalue weighted by Crippen LogP contribution is -2.43. The lowest BCUT2D eigenvalue weighted by molar-refractivity contribution is 0.206. The van der Waals surface area contributed by atoms with Gasteiger partial charge in [0.05, 0.1) is 11.4 Å². The van der Waals surface area contributed by atoms with Gasteiger partial charge in [-0.2, -0.15) is 0 Å². The second-order valence-corrected chi connectivity index (χ2v) is 5.32. The molecule has 1 aliphatic heterocycles. The molecule has 0 radical (unpaired) electrons. The van der Waals surface area contributed by atoms with Crippen molar-refractivity contribution in [2.75, 3.05) is 31.2 Å². The third-order valence-corrected chi connectivity index (χ3v) is 3.74. The van der Waals surface area contributed by atoms with Gasteiger partial charge in [-0.05, 0) is 44.5 Å². The van der Waals surface area contributed by atoms with Gasteiger partial charge in [-0.25, -0.2) is 0 Å². The number of hydrogen-bond acceptors (Lipinski definition) is 3. The molecule has 2 unspecified atom stereocenters. The summed E-state index contributed by atoms with van der Waals surface area (Å²) in [5.74, 6) is 0.660. The Bertz CT molecular complexity index is 369. The summed E-state index contributed by atoms with van der Waals surface area (Å²) in [6.07, 6.45) is 1.19. The Hall–Kier alpha value is -1.22. The molecule has 3 heteroatoms. The summed E-state index contributed by atoms with van der Waals surface area (Å²) in [5, 5.41) is 3.64. The van der Waals surface area contributed by atoms with Crippen LogP contribution in [0.3, 0.4) is 0 Å². The fourth-order valence-corrected chi connectivity index (χ4v) is 2.64. The van der Waals surface area contributed by atoms with Crippen molar-refractivity contribution in [2.45, 2.75) is 26.3 Å². The zero-order valence-corrected chi connectivity index (χ0v) is 11.0. The molecule has 0 saturated carbocycles. The molecule has 94 valence electrons. The molecule has 1 heterocycles. The van der Waals surface area contributed by atoms with Gasteiger partial charge >= 0.3 is 0 Å². The van der Waals surface area contributed by atoms with Crippen LogP contribution in [0.1, 0.15) is 18.9 Å². The Balaban J connectivity index is 2.10. The highest BCUT2D eigenvalue weighted by atomic mass is 15.1. The third kappa shape index (κ3) is 2.72. The number of nitrogens with one attached hydrogen (secondary N) is 1. The molecular formula is C14H23N3. The molecule has 1 aliphatic rings. The minimum atomic E-state index is 0.537. The zero-order valence-electron chi connectivity index (χ0n) is 11.0. The van der Waals surface area contributed by atoms with E-state index in [9.17, 15) is 0 Å². The van der Waals surface area contributed by atoms with Crippen LogP contribution >= 0.6 is 0 Å². The average molecular weight is 233 g/mol. The first-order valence-corrected chi connectivity index (χ1v) is 6.38. The van der Waals surface area contributed by atoms with E-state index < -0.39 is 0 Å². The van der Waals surface area contributed by atoms with Gasteiger partial charge in [-0.15, -0.1) is 0 Å². The smallest absolute Gasteiger partial charge is 0.0605 e. The number of likely N-dealkylation sites (tertiary alicyclic amines) is 1. The first kappa shape index (κ1) is 12.2. The molecule has 1 fully saturated rings. The Kier molecular flexibility index (Phi) is 3.57. The number of nitrogens with zero attached hydrogens (tertiary/aromatic N) is 1. The molecule has 2 rings (SSSR count). The summed E-state index contributed by atoms with van der Waals surface area (Å²) >= 11 is 0. The number of benzene rings is 1. The molecule has 0 bridgehead atoms. The van der Waals surface area contributed by atoms with E-state index in [4.69, 9.17) is 5.73 Å². The number of hydrogen-bond donors (Lipinski definition) is 2. The molecule has 1 aromatic rings. The van der Waals surface area contributed by atoms with E-state index in [1.165, 1.54) is 12.0 Å². The maximum Gasteiger partial charge on any atom is 0.0605 e. The van der Waals surface area contributed by atoms with Crippen LogP contribution in [0.2, 0.25) is 0 Å². The largest absolute Gasteiger partial charge is 0.397 e. The second kappa shape index (κ2) is 4.96. The number of nitrogen functional groups attached to an aromatic ring is 1. The van der Waals surface area contributed by atoms with Crippen LogP contribution in [-0.4, -0.2) is 31.1 Å². The fourth-order valence-electron chi connectivity index (χ4n) is 2.64. The molecule has 3 nitrogen and oxygen atoms in total. The molecular weight excluding hydrogens is 210 g/mol. The second-order valence-electron chi connectivity index (χ2n) is 5.32. The van der Waals surface area contributed by atoms with Crippen LogP contribution in [0.25, 0.3) is 0 Å². The normalized spacial score (nSPS) is 25.8. The number of para-hydroxylation sites is 1. The molecule has 0 aromatic heterocycles. The molecule has 3 N–H and O–H groups in total. The molecule has 0 spiro atoms. The zero-order chi connectivity index (χ0) is 12.4. The number of nitrogens with two attached hydrogens (primary N) is 1. The monoisotopic (exact) mass is 233 g/mol. The molecule has 1 aromatic carbocycles. The van der Waals surface area contributed by atoms with Crippen LogP contribution in [0.4, 0.5) is 11.4 Å². The first-order valence-electron chi connectivity index (χ1n) is 6.38. The van der Waals surface area contributed by atoms with Crippen LogP contribution in [0, 0.1) is 12.8 Å². The summed E-state index contributed by atoms with van der Waals surface area (Å²) < 4.78 is 0. The fraction of sp³-hybridized carbons (Fsp3) is 0.571. The van der Waals surface area contributed by atoms with Crippen LogP contribution in [-0.2, 0) is 0 Å². The van der Waals surface area contributed by atoms with E-state index in [0.29, 0.717) is 12.0 Å². The average Bonchev–Trinajstić information content (AvgIpc) is 2.26. The number of rotatable bonds is 2. The van der Waals surface area contributed by atoms with Gasteiger partial charge in [-0.3, -0.25) is 0 Å². The van der Waals surface area contributed by atoms with E-state index in [2.05, 4.69) is 37.2 Å². The van der Waals surface area contributed by atoms with Crippen LogP contribution in [0.15, 0.2) is 18.2 Å². The number of aryl methyl sites for hydroxylation is 1. The van der Waals surface area contributed by atoms with Crippen molar-refractivity contribution in [3.8, 4) is 0 Å². The topological polar surface area (TPSA) is 41.3 Å². The Labute approximate surface area is 104 Å². The van der Waals surface area contributed by atoms with Gasteiger partial charge < -0.3 is 16.0 Å². The summed E-state index contributed by atoms with van der Waals surface area (Å²) in [6, 6.07) is 6.62. The van der Waals surface area contributed by atoms with E-state index in [1.807, 2.05) is 12.1 Å². The van der Waals surface area contributed by atoms with Gasteiger partial charge in [0.2, 0.25) is 0 Å². The van der Waals surface area contributed by atoms with Crippen molar-refractivity contribution < 1.29 is 0 Å². The molecule has 2 atom stereocenters. The summed E-state index contributed by atoms with van der Waals surface area (Å²) in [6.45, 7) is 6.73. The molecule has 17 heavy (non-hydrogen) atoms. The standard InChI is InChI=1S/C14H23N3/c1-10-5-4-6-12(15)14(10)16-13-7-8-17(3)9-11(13)2/h4-6,11,13,16H,7-9,15H2,1-3H3. The van der Waals surface area contributed by atoms with E-state index in [1.54, 1.807) is 0 Å². The van der Waals surface area contributed by atoms with Crippen LogP contribution < -0.4 is 11.1 Å². The van der Waals surface area contributed by atoms with Crippen molar-refractivity contribution in [1.29, 1.82) is 0 Å². The van der Waals surface area contributed by atoms with Gasteiger partial charge in [0.1, 0.15) is 0 Å². The number of anilines is 2. The first-order chi connectivity index (χ1) is 8.08. The summed E-state index contributed by atoms with van der Waals surface area (Å²) in [7, 11) is 2.19. The molecule has 1 saturated heterocycles. The predicted octanol–water partition coefficient (Wildman–Crippen LogP) is 2.33. The van der Waals surface area contributed by atoms with Crippen LogP contribution in [0.5, 0.6) is 0 Å². The maximum absolute atomic E-state index is 6.04. The molecule has 0 aliphatic carbocycles. The van der Waals surface area contributed by atoms with Gasteiger partial charge in [-0.1, -0.05) is 19.1 Å². The van der Waals surface area contributed by atoms with Crippen molar-refractivity contribution in [3.63, 3.8) is 0 Å². The van der Waals surface area contributed by atoms with Gasteiger partial charge in [0, 0.05) is 12.6 Å². The third-order valence-electron chi connectivity index (χ3n) is 3.74.